The lowest BCUT2D eigenvalue weighted by atomic mass is 10.1. The van der Waals surface area contributed by atoms with Gasteiger partial charge in [0.05, 0.1) is 5.69 Å². The van der Waals surface area contributed by atoms with Crippen LogP contribution in [-0.2, 0) is 24.2 Å². The minimum atomic E-state index is -0.306. The van der Waals surface area contributed by atoms with Crippen LogP contribution < -0.4 is 10.9 Å². The van der Waals surface area contributed by atoms with Crippen LogP contribution in [0.3, 0.4) is 0 Å². The Morgan fingerprint density at radius 2 is 1.81 bits per heavy atom. The molecule has 1 aliphatic carbocycles. The van der Waals surface area contributed by atoms with Gasteiger partial charge >= 0.3 is 0 Å². The van der Waals surface area contributed by atoms with E-state index < -0.39 is 0 Å². The number of rotatable bonds is 4. The lowest BCUT2D eigenvalue weighted by molar-refractivity contribution is -0.117. The number of aryl methyl sites for hydroxylation is 2. The van der Waals surface area contributed by atoms with Crippen molar-refractivity contribution in [2.24, 2.45) is 0 Å². The Bertz CT molecular complexity index is 1060. The molecule has 0 saturated heterocycles. The smallest absolute Gasteiger partial charge is 0.267 e. The Morgan fingerprint density at radius 3 is 2.63 bits per heavy atom. The number of fused-ring (bicyclic) bond motifs is 1. The molecule has 0 spiro atoms. The van der Waals surface area contributed by atoms with Crippen molar-refractivity contribution >= 4 is 27.5 Å². The molecule has 0 bridgehead atoms. The Labute approximate surface area is 165 Å². The van der Waals surface area contributed by atoms with Gasteiger partial charge in [0.1, 0.15) is 6.54 Å². The molecular weight excluding hydrogens is 406 g/mol. The second-order valence-electron chi connectivity index (χ2n) is 6.61. The third-order valence-corrected chi connectivity index (χ3v) is 5.21. The van der Waals surface area contributed by atoms with Crippen LogP contribution >= 0.6 is 15.9 Å². The number of carbonyl (C=O) groups is 1. The first-order valence-electron chi connectivity index (χ1n) is 8.84. The quantitative estimate of drug-likeness (QED) is 0.693. The highest BCUT2D eigenvalue weighted by molar-refractivity contribution is 9.10. The number of anilines is 1. The summed E-state index contributed by atoms with van der Waals surface area (Å²) in [5, 5.41) is 7.21. The first-order chi connectivity index (χ1) is 13.1. The molecule has 6 heteroatoms. The number of nitrogens with one attached hydrogen (secondary N) is 1. The van der Waals surface area contributed by atoms with Gasteiger partial charge in [0.25, 0.3) is 5.56 Å². The van der Waals surface area contributed by atoms with Crippen molar-refractivity contribution in [1.82, 2.24) is 9.78 Å². The molecule has 0 aliphatic heterocycles. The fourth-order valence-electron chi connectivity index (χ4n) is 3.32. The number of hydrogen-bond donors (Lipinski definition) is 1. The highest BCUT2D eigenvalue weighted by atomic mass is 79.9. The van der Waals surface area contributed by atoms with Gasteiger partial charge in [-0.3, -0.25) is 9.59 Å². The normalized spacial score (nSPS) is 12.6. The molecule has 1 N–H and O–H groups in total. The number of benzene rings is 2. The summed E-state index contributed by atoms with van der Waals surface area (Å²) in [5.74, 6) is -0.268. The van der Waals surface area contributed by atoms with Gasteiger partial charge in [-0.05, 0) is 60.7 Å². The standard InChI is InChI=1S/C21H18BrN3O2/c22-17-7-4-15(5-8-17)19-10-11-21(27)25(24-19)13-20(26)23-18-9-6-14-2-1-3-16(14)12-18/h4-12H,1-3,13H2,(H,23,26). The van der Waals surface area contributed by atoms with Crippen molar-refractivity contribution in [1.29, 1.82) is 0 Å². The van der Waals surface area contributed by atoms with Gasteiger partial charge in [-0.1, -0.05) is 34.1 Å². The van der Waals surface area contributed by atoms with Crippen molar-refractivity contribution in [3.8, 4) is 11.3 Å². The first-order valence-corrected chi connectivity index (χ1v) is 9.63. The number of halogens is 1. The van der Waals surface area contributed by atoms with E-state index in [0.717, 1.165) is 35.0 Å². The van der Waals surface area contributed by atoms with Crippen molar-refractivity contribution < 1.29 is 4.79 Å². The van der Waals surface area contributed by atoms with Gasteiger partial charge in [0.2, 0.25) is 5.91 Å². The van der Waals surface area contributed by atoms with Crippen molar-refractivity contribution in [3.05, 3.63) is 80.6 Å². The van der Waals surface area contributed by atoms with Gasteiger partial charge in [0, 0.05) is 21.8 Å². The number of carbonyl (C=O) groups excluding carboxylic acids is 1. The maximum absolute atomic E-state index is 12.4. The molecule has 0 radical (unpaired) electrons. The van der Waals surface area contributed by atoms with Crippen molar-refractivity contribution in [2.45, 2.75) is 25.8 Å². The van der Waals surface area contributed by atoms with Crippen LogP contribution in [0.1, 0.15) is 17.5 Å². The van der Waals surface area contributed by atoms with Crippen molar-refractivity contribution in [2.75, 3.05) is 5.32 Å². The molecule has 2 aromatic carbocycles. The summed E-state index contributed by atoms with van der Waals surface area (Å²) in [5.41, 5.74) is 4.63. The second kappa shape index (κ2) is 7.48. The summed E-state index contributed by atoms with van der Waals surface area (Å²) in [6.07, 6.45) is 3.32. The molecule has 0 fully saturated rings. The maximum Gasteiger partial charge on any atom is 0.267 e. The second-order valence-corrected chi connectivity index (χ2v) is 7.52. The molecular formula is C21H18BrN3O2. The number of aromatic nitrogens is 2. The van der Waals surface area contributed by atoms with Crippen LogP contribution in [0.5, 0.6) is 0 Å². The van der Waals surface area contributed by atoms with Crippen LogP contribution in [0.2, 0.25) is 0 Å². The van der Waals surface area contributed by atoms with E-state index in [0.29, 0.717) is 5.69 Å². The monoisotopic (exact) mass is 423 g/mol. The van der Waals surface area contributed by atoms with E-state index in [1.54, 1.807) is 6.07 Å². The van der Waals surface area contributed by atoms with E-state index in [1.165, 1.54) is 21.9 Å². The lowest BCUT2D eigenvalue weighted by Gasteiger charge is -2.09. The Balaban J connectivity index is 1.51. The predicted molar refractivity (Wildman–Crippen MR) is 109 cm³/mol. The molecule has 27 heavy (non-hydrogen) atoms. The molecule has 1 amide bonds. The van der Waals surface area contributed by atoms with Crippen LogP contribution in [-0.4, -0.2) is 15.7 Å². The summed E-state index contributed by atoms with van der Waals surface area (Å²) in [7, 11) is 0. The summed E-state index contributed by atoms with van der Waals surface area (Å²) in [6.45, 7) is -0.125. The fourth-order valence-corrected chi connectivity index (χ4v) is 3.59. The van der Waals surface area contributed by atoms with Gasteiger partial charge in [-0.2, -0.15) is 5.10 Å². The van der Waals surface area contributed by atoms with Gasteiger partial charge in [0.15, 0.2) is 0 Å². The highest BCUT2D eigenvalue weighted by Gasteiger charge is 2.13. The molecule has 1 heterocycles. The van der Waals surface area contributed by atoms with E-state index >= 15 is 0 Å². The molecule has 4 rings (SSSR count). The van der Waals surface area contributed by atoms with Crippen LogP contribution in [0.15, 0.2) is 63.9 Å². The van der Waals surface area contributed by atoms with E-state index in [2.05, 4.69) is 32.4 Å². The molecule has 3 aromatic rings. The third kappa shape index (κ3) is 4.01. The maximum atomic E-state index is 12.4. The Kier molecular flexibility index (Phi) is 4.90. The molecule has 0 saturated carbocycles. The molecule has 1 aromatic heterocycles. The molecule has 0 unspecified atom stereocenters. The molecule has 1 aliphatic rings. The number of amides is 1. The lowest BCUT2D eigenvalue weighted by Crippen LogP contribution is -2.29. The average molecular weight is 424 g/mol. The third-order valence-electron chi connectivity index (χ3n) is 4.68. The van der Waals surface area contributed by atoms with E-state index in [9.17, 15) is 9.59 Å². The topological polar surface area (TPSA) is 64.0 Å². The zero-order chi connectivity index (χ0) is 18.8. The number of nitrogens with zero attached hydrogens (tertiary/aromatic N) is 2. The molecule has 5 nitrogen and oxygen atoms in total. The minimum Gasteiger partial charge on any atom is -0.324 e. The molecule has 136 valence electrons. The SMILES string of the molecule is O=C(Cn1nc(-c2ccc(Br)cc2)ccc1=O)Nc1ccc2c(c1)CCC2. The van der Waals surface area contributed by atoms with Crippen molar-refractivity contribution in [3.63, 3.8) is 0 Å². The van der Waals surface area contributed by atoms with Gasteiger partial charge in [-0.15, -0.1) is 0 Å². The van der Waals surface area contributed by atoms with E-state index in [4.69, 9.17) is 0 Å². The van der Waals surface area contributed by atoms with Gasteiger partial charge in [-0.25, -0.2) is 4.68 Å². The van der Waals surface area contributed by atoms with Gasteiger partial charge < -0.3 is 5.32 Å². The predicted octanol–water partition coefficient (Wildman–Crippen LogP) is 3.80. The van der Waals surface area contributed by atoms with Crippen LogP contribution in [0, 0.1) is 0 Å². The summed E-state index contributed by atoms with van der Waals surface area (Å²) in [6, 6.07) is 16.7. The summed E-state index contributed by atoms with van der Waals surface area (Å²) < 4.78 is 2.16. The Morgan fingerprint density at radius 1 is 1.04 bits per heavy atom. The minimum absolute atomic E-state index is 0.125. The van der Waals surface area contributed by atoms with Crippen LogP contribution in [0.25, 0.3) is 11.3 Å². The fraction of sp³-hybridized carbons (Fsp3) is 0.190. The van der Waals surface area contributed by atoms with E-state index in [1.807, 2.05) is 36.4 Å². The zero-order valence-electron chi connectivity index (χ0n) is 14.6. The number of hydrogen-bond acceptors (Lipinski definition) is 3. The summed E-state index contributed by atoms with van der Waals surface area (Å²) in [4.78, 5) is 24.5. The highest BCUT2D eigenvalue weighted by Crippen LogP contribution is 2.25. The Hall–Kier alpha value is -2.73. The average Bonchev–Trinajstić information content (AvgIpc) is 3.12. The molecule has 0 atom stereocenters. The summed E-state index contributed by atoms with van der Waals surface area (Å²) >= 11 is 3.40. The van der Waals surface area contributed by atoms with Crippen LogP contribution in [0.4, 0.5) is 5.69 Å². The first kappa shape index (κ1) is 17.7. The zero-order valence-corrected chi connectivity index (χ0v) is 16.2. The van der Waals surface area contributed by atoms with E-state index in [-0.39, 0.29) is 18.0 Å². The largest absolute Gasteiger partial charge is 0.324 e.